The number of H-pyrrole nitrogens is 1. The highest BCUT2D eigenvalue weighted by Crippen LogP contribution is 2.40. The van der Waals surface area contributed by atoms with Crippen molar-refractivity contribution in [1.29, 1.82) is 0 Å². The SMILES string of the molecule is CC(=O)NC[C@H]1CN(c2ccc3c(c2)OCCc2c(N4CCOCC4)n[nH]c2-3)C(=O)O1. The first kappa shape index (κ1) is 19.7. The van der Waals surface area contributed by atoms with Crippen LogP contribution in [0, 0.1) is 0 Å². The Bertz CT molecular complexity index is 1000. The molecule has 2 saturated heterocycles. The van der Waals surface area contributed by atoms with Gasteiger partial charge in [-0.3, -0.25) is 14.8 Å². The largest absolute Gasteiger partial charge is 0.492 e. The summed E-state index contributed by atoms with van der Waals surface area (Å²) in [5.41, 5.74) is 3.72. The molecule has 4 heterocycles. The first-order valence-corrected chi connectivity index (χ1v) is 10.5. The molecule has 1 aromatic heterocycles. The summed E-state index contributed by atoms with van der Waals surface area (Å²) in [4.78, 5) is 27.3. The summed E-state index contributed by atoms with van der Waals surface area (Å²) in [6, 6.07) is 5.70. The van der Waals surface area contributed by atoms with Gasteiger partial charge in [0.1, 0.15) is 11.9 Å². The Morgan fingerprint density at radius 2 is 2.13 bits per heavy atom. The quantitative estimate of drug-likeness (QED) is 0.757. The summed E-state index contributed by atoms with van der Waals surface area (Å²) in [6.45, 7) is 5.67. The summed E-state index contributed by atoms with van der Waals surface area (Å²) in [6.07, 6.45) is -0.0697. The van der Waals surface area contributed by atoms with E-state index in [0.29, 0.717) is 44.3 Å². The van der Waals surface area contributed by atoms with Gasteiger partial charge < -0.3 is 24.4 Å². The van der Waals surface area contributed by atoms with Crippen LogP contribution in [0.3, 0.4) is 0 Å². The molecule has 0 unspecified atom stereocenters. The van der Waals surface area contributed by atoms with Crippen LogP contribution < -0.4 is 19.9 Å². The Morgan fingerprint density at radius 1 is 1.29 bits per heavy atom. The highest BCUT2D eigenvalue weighted by molar-refractivity contribution is 5.91. The molecule has 31 heavy (non-hydrogen) atoms. The van der Waals surface area contributed by atoms with E-state index < -0.39 is 6.09 Å². The summed E-state index contributed by atoms with van der Waals surface area (Å²) >= 11 is 0. The number of carbonyl (C=O) groups is 2. The van der Waals surface area contributed by atoms with Crippen LogP contribution in [0.15, 0.2) is 18.2 Å². The lowest BCUT2D eigenvalue weighted by Gasteiger charge is -2.27. The molecule has 2 N–H and O–H groups in total. The molecule has 164 valence electrons. The van der Waals surface area contributed by atoms with Gasteiger partial charge in [-0.1, -0.05) is 0 Å². The molecular weight excluding hydrogens is 402 g/mol. The van der Waals surface area contributed by atoms with Gasteiger partial charge in [0, 0.05) is 43.6 Å². The van der Waals surface area contributed by atoms with Crippen molar-refractivity contribution < 1.29 is 23.8 Å². The minimum absolute atomic E-state index is 0.153. The number of aromatic nitrogens is 2. The molecule has 2 amide bonds. The second-order valence-corrected chi connectivity index (χ2v) is 7.83. The maximum atomic E-state index is 12.4. The van der Waals surface area contributed by atoms with Crippen molar-refractivity contribution in [3.8, 4) is 17.0 Å². The molecule has 0 spiro atoms. The Kier molecular flexibility index (Phi) is 5.14. The topological polar surface area (TPSA) is 109 Å². The summed E-state index contributed by atoms with van der Waals surface area (Å²) < 4.78 is 16.9. The third-order valence-electron chi connectivity index (χ3n) is 5.76. The fourth-order valence-electron chi connectivity index (χ4n) is 4.22. The highest BCUT2D eigenvalue weighted by atomic mass is 16.6. The highest BCUT2D eigenvalue weighted by Gasteiger charge is 2.33. The van der Waals surface area contributed by atoms with Crippen LogP contribution >= 0.6 is 0 Å². The summed E-state index contributed by atoms with van der Waals surface area (Å²) in [5, 5.41) is 10.5. The number of fused-ring (bicyclic) bond motifs is 3. The van der Waals surface area contributed by atoms with Crippen molar-refractivity contribution in [1.82, 2.24) is 15.5 Å². The molecule has 10 nitrogen and oxygen atoms in total. The number of anilines is 2. The van der Waals surface area contributed by atoms with Gasteiger partial charge in [0.25, 0.3) is 0 Å². The Hall–Kier alpha value is -3.27. The molecule has 1 atom stereocenters. The van der Waals surface area contributed by atoms with Gasteiger partial charge in [-0.15, -0.1) is 0 Å². The summed E-state index contributed by atoms with van der Waals surface area (Å²) in [7, 11) is 0. The van der Waals surface area contributed by atoms with Crippen molar-refractivity contribution in [3.05, 3.63) is 23.8 Å². The average Bonchev–Trinajstić information content (AvgIpc) is 3.31. The fourth-order valence-corrected chi connectivity index (χ4v) is 4.22. The second kappa shape index (κ2) is 8.10. The van der Waals surface area contributed by atoms with Crippen LogP contribution in [0.2, 0.25) is 0 Å². The van der Waals surface area contributed by atoms with Crippen molar-refractivity contribution in [2.45, 2.75) is 19.4 Å². The van der Waals surface area contributed by atoms with Crippen molar-refractivity contribution in [2.24, 2.45) is 0 Å². The third-order valence-corrected chi connectivity index (χ3v) is 5.76. The molecule has 10 heteroatoms. The van der Waals surface area contributed by atoms with Crippen molar-refractivity contribution >= 4 is 23.5 Å². The van der Waals surface area contributed by atoms with E-state index in [1.807, 2.05) is 18.2 Å². The average molecular weight is 427 g/mol. The van der Waals surface area contributed by atoms with E-state index in [1.54, 1.807) is 4.90 Å². The zero-order chi connectivity index (χ0) is 21.4. The van der Waals surface area contributed by atoms with Gasteiger partial charge in [0.2, 0.25) is 5.91 Å². The number of amides is 2. The van der Waals surface area contributed by atoms with Crippen LogP contribution in [0.25, 0.3) is 11.3 Å². The molecule has 3 aliphatic heterocycles. The number of benzene rings is 1. The van der Waals surface area contributed by atoms with E-state index in [9.17, 15) is 9.59 Å². The number of aromatic amines is 1. The van der Waals surface area contributed by atoms with Crippen molar-refractivity contribution in [3.63, 3.8) is 0 Å². The minimum Gasteiger partial charge on any atom is -0.492 e. The van der Waals surface area contributed by atoms with Crippen LogP contribution in [0.5, 0.6) is 5.75 Å². The first-order valence-electron chi connectivity index (χ1n) is 10.5. The normalized spacial score (nSPS) is 20.4. The fraction of sp³-hybridized carbons (Fsp3) is 0.476. The van der Waals surface area contributed by atoms with Gasteiger partial charge in [0.15, 0.2) is 5.82 Å². The zero-order valence-corrected chi connectivity index (χ0v) is 17.3. The number of nitrogens with zero attached hydrogens (tertiary/aromatic N) is 3. The Balaban J connectivity index is 1.39. The van der Waals surface area contributed by atoms with E-state index in [1.165, 1.54) is 6.92 Å². The van der Waals surface area contributed by atoms with Crippen LogP contribution in [0.1, 0.15) is 12.5 Å². The number of nitrogens with one attached hydrogen (secondary N) is 2. The molecular formula is C21H25N5O5. The smallest absolute Gasteiger partial charge is 0.414 e. The Labute approximate surface area is 179 Å². The van der Waals surface area contributed by atoms with Gasteiger partial charge in [0.05, 0.1) is 44.3 Å². The Morgan fingerprint density at radius 3 is 2.94 bits per heavy atom. The predicted molar refractivity (Wildman–Crippen MR) is 113 cm³/mol. The second-order valence-electron chi connectivity index (χ2n) is 7.83. The molecule has 2 fully saturated rings. The van der Waals surface area contributed by atoms with Gasteiger partial charge in [-0.2, -0.15) is 5.10 Å². The lowest BCUT2D eigenvalue weighted by Crippen LogP contribution is -2.37. The standard InChI is InChI=1S/C21H25N5O5/c1-13(27)22-11-15-12-26(21(28)31-15)14-2-3-16-18(10-14)30-7-4-17-19(16)23-24-20(17)25-5-8-29-9-6-25/h2-3,10,15H,4-9,11-12H2,1H3,(H,22,27)(H,23,24)/t15-/m0/s1. The number of cyclic esters (lactones) is 1. The van der Waals surface area contributed by atoms with Gasteiger partial charge in [-0.25, -0.2) is 4.79 Å². The number of morpholine rings is 1. The lowest BCUT2D eigenvalue weighted by molar-refractivity contribution is -0.119. The lowest BCUT2D eigenvalue weighted by atomic mass is 10.0. The minimum atomic E-state index is -0.430. The molecule has 0 radical (unpaired) electrons. The zero-order valence-electron chi connectivity index (χ0n) is 17.3. The van der Waals surface area contributed by atoms with Crippen LogP contribution in [-0.2, 0) is 20.7 Å². The van der Waals surface area contributed by atoms with E-state index in [0.717, 1.165) is 42.1 Å². The van der Waals surface area contributed by atoms with E-state index in [2.05, 4.69) is 20.4 Å². The van der Waals surface area contributed by atoms with Crippen molar-refractivity contribution in [2.75, 3.05) is 55.8 Å². The van der Waals surface area contributed by atoms with E-state index >= 15 is 0 Å². The number of hydrogen-bond acceptors (Lipinski definition) is 7. The van der Waals surface area contributed by atoms with E-state index in [4.69, 9.17) is 14.2 Å². The number of hydrogen-bond donors (Lipinski definition) is 2. The molecule has 0 aliphatic carbocycles. The number of ether oxygens (including phenoxy) is 3. The molecule has 3 aliphatic rings. The van der Waals surface area contributed by atoms with E-state index in [-0.39, 0.29) is 12.0 Å². The molecule has 0 bridgehead atoms. The van der Waals surface area contributed by atoms with Gasteiger partial charge >= 0.3 is 6.09 Å². The van der Waals surface area contributed by atoms with Crippen LogP contribution in [0.4, 0.5) is 16.3 Å². The summed E-state index contributed by atoms with van der Waals surface area (Å²) in [5.74, 6) is 1.51. The molecule has 5 rings (SSSR count). The molecule has 1 aromatic carbocycles. The number of rotatable bonds is 4. The third kappa shape index (κ3) is 3.78. The molecule has 2 aromatic rings. The van der Waals surface area contributed by atoms with Crippen LogP contribution in [-0.4, -0.2) is 74.3 Å². The monoisotopic (exact) mass is 427 g/mol. The maximum Gasteiger partial charge on any atom is 0.414 e. The molecule has 0 saturated carbocycles. The predicted octanol–water partition coefficient (Wildman–Crippen LogP) is 1.31. The van der Waals surface area contributed by atoms with Gasteiger partial charge in [-0.05, 0) is 12.1 Å². The maximum absolute atomic E-state index is 12.4. The number of carbonyl (C=O) groups excluding carboxylic acids is 2. The first-order chi connectivity index (χ1) is 15.1.